The average Bonchev–Trinajstić information content (AvgIpc) is 2.15. The summed E-state index contributed by atoms with van der Waals surface area (Å²) < 4.78 is 41.6. The first kappa shape index (κ1) is 10.8. The van der Waals surface area contributed by atoms with E-state index in [4.69, 9.17) is 0 Å². The number of nitrogens with zero attached hydrogens (tertiary/aromatic N) is 1. The first-order chi connectivity index (χ1) is 6.47. The Kier molecular flexibility index (Phi) is 2.98. The third-order valence-electron chi connectivity index (χ3n) is 1.77. The van der Waals surface area contributed by atoms with Crippen LogP contribution in [0.4, 0.5) is 13.2 Å². The predicted octanol–water partition coefficient (Wildman–Crippen LogP) is 2.67. The molecule has 0 fully saturated rings. The van der Waals surface area contributed by atoms with Crippen molar-refractivity contribution in [3.8, 4) is 5.88 Å². The van der Waals surface area contributed by atoms with Crippen molar-refractivity contribution in [2.75, 3.05) is 7.11 Å². The first-order valence-electron chi connectivity index (χ1n) is 4.09. The van der Waals surface area contributed by atoms with Crippen LogP contribution in [-0.4, -0.2) is 12.1 Å². The highest BCUT2D eigenvalue weighted by molar-refractivity contribution is 5.26. The van der Waals surface area contributed by atoms with Gasteiger partial charge in [-0.1, -0.05) is 6.92 Å². The summed E-state index contributed by atoms with van der Waals surface area (Å²) in [5.41, 5.74) is -0.349. The van der Waals surface area contributed by atoms with Crippen LogP contribution in [0.15, 0.2) is 12.1 Å². The van der Waals surface area contributed by atoms with Crippen molar-refractivity contribution >= 4 is 0 Å². The van der Waals surface area contributed by atoms with E-state index in [1.807, 2.05) is 0 Å². The van der Waals surface area contributed by atoms with Gasteiger partial charge in [0.05, 0.1) is 7.11 Å². The van der Waals surface area contributed by atoms with E-state index in [-0.39, 0.29) is 5.88 Å². The molecule has 0 spiro atoms. The van der Waals surface area contributed by atoms with Crippen molar-refractivity contribution in [3.63, 3.8) is 0 Å². The molecule has 0 atom stereocenters. The van der Waals surface area contributed by atoms with Crippen molar-refractivity contribution in [1.29, 1.82) is 0 Å². The van der Waals surface area contributed by atoms with Gasteiger partial charge in [0.2, 0.25) is 5.88 Å². The molecule has 14 heavy (non-hydrogen) atoms. The highest BCUT2D eigenvalue weighted by atomic mass is 19.4. The Morgan fingerprint density at radius 2 is 2.00 bits per heavy atom. The zero-order valence-electron chi connectivity index (χ0n) is 7.85. The molecule has 0 N–H and O–H groups in total. The number of alkyl halides is 3. The number of aromatic nitrogens is 1. The van der Waals surface area contributed by atoms with Crippen LogP contribution >= 0.6 is 0 Å². The smallest absolute Gasteiger partial charge is 0.433 e. The lowest BCUT2D eigenvalue weighted by Crippen LogP contribution is -2.09. The van der Waals surface area contributed by atoms with E-state index >= 15 is 0 Å². The van der Waals surface area contributed by atoms with E-state index in [2.05, 4.69) is 9.72 Å². The van der Waals surface area contributed by atoms with Gasteiger partial charge in [-0.25, -0.2) is 4.98 Å². The van der Waals surface area contributed by atoms with E-state index in [0.29, 0.717) is 12.0 Å². The third-order valence-corrected chi connectivity index (χ3v) is 1.77. The number of hydrogen-bond donors (Lipinski definition) is 0. The Morgan fingerprint density at radius 1 is 1.36 bits per heavy atom. The molecule has 0 radical (unpaired) electrons. The second kappa shape index (κ2) is 3.86. The highest BCUT2D eigenvalue weighted by Crippen LogP contribution is 2.29. The fraction of sp³-hybridized carbons (Fsp3) is 0.444. The molecule has 1 rings (SSSR count). The summed E-state index contributed by atoms with van der Waals surface area (Å²) in [6.07, 6.45) is -3.90. The van der Waals surface area contributed by atoms with Gasteiger partial charge in [-0.05, 0) is 18.1 Å². The van der Waals surface area contributed by atoms with Crippen LogP contribution in [0.25, 0.3) is 0 Å². The summed E-state index contributed by atoms with van der Waals surface area (Å²) in [7, 11) is 1.29. The van der Waals surface area contributed by atoms with E-state index in [1.54, 1.807) is 6.92 Å². The number of aryl methyl sites for hydroxylation is 1. The molecule has 1 heterocycles. The van der Waals surface area contributed by atoms with E-state index < -0.39 is 11.9 Å². The molecular formula is C9H10F3NO. The summed E-state index contributed by atoms with van der Waals surface area (Å²) in [6.45, 7) is 1.77. The van der Waals surface area contributed by atoms with E-state index in [0.717, 1.165) is 6.07 Å². The van der Waals surface area contributed by atoms with Gasteiger partial charge < -0.3 is 4.74 Å². The molecule has 0 aliphatic rings. The molecule has 0 aromatic carbocycles. The van der Waals surface area contributed by atoms with Crippen LogP contribution in [0, 0.1) is 0 Å². The van der Waals surface area contributed by atoms with Gasteiger partial charge in [0.15, 0.2) is 0 Å². The third kappa shape index (κ3) is 2.37. The number of ether oxygens (including phenoxy) is 1. The van der Waals surface area contributed by atoms with Crippen molar-refractivity contribution in [3.05, 3.63) is 23.4 Å². The molecule has 1 aromatic rings. The van der Waals surface area contributed by atoms with Gasteiger partial charge >= 0.3 is 6.18 Å². The van der Waals surface area contributed by atoms with Crippen molar-refractivity contribution < 1.29 is 17.9 Å². The first-order valence-corrected chi connectivity index (χ1v) is 4.09. The fourth-order valence-corrected chi connectivity index (χ4v) is 1.01. The van der Waals surface area contributed by atoms with Gasteiger partial charge in [-0.15, -0.1) is 0 Å². The van der Waals surface area contributed by atoms with Crippen LogP contribution in [-0.2, 0) is 12.6 Å². The summed E-state index contributed by atoms with van der Waals surface area (Å²) in [5.74, 6) is -0.00308. The molecule has 0 bridgehead atoms. The molecule has 2 nitrogen and oxygen atoms in total. The minimum absolute atomic E-state index is 0.00308. The molecule has 78 valence electrons. The van der Waals surface area contributed by atoms with Crippen LogP contribution in [0.5, 0.6) is 5.88 Å². The molecule has 0 amide bonds. The number of hydrogen-bond acceptors (Lipinski definition) is 2. The average molecular weight is 205 g/mol. The number of methoxy groups -OCH3 is 1. The minimum Gasteiger partial charge on any atom is -0.481 e. The molecule has 0 aliphatic carbocycles. The Labute approximate surface area is 79.7 Å². The molecule has 0 aliphatic heterocycles. The number of rotatable bonds is 2. The molecule has 0 unspecified atom stereocenters. The van der Waals surface area contributed by atoms with E-state index in [1.165, 1.54) is 13.2 Å². The van der Waals surface area contributed by atoms with Crippen LogP contribution in [0.3, 0.4) is 0 Å². The SMILES string of the molecule is CCc1cc(OC)nc(C(F)(F)F)c1. The van der Waals surface area contributed by atoms with Crippen LogP contribution < -0.4 is 4.74 Å². The zero-order valence-corrected chi connectivity index (χ0v) is 7.85. The number of halogens is 3. The van der Waals surface area contributed by atoms with Crippen molar-refractivity contribution in [1.82, 2.24) is 4.98 Å². The minimum atomic E-state index is -4.42. The maximum Gasteiger partial charge on any atom is 0.433 e. The van der Waals surface area contributed by atoms with Crippen molar-refractivity contribution in [2.45, 2.75) is 19.5 Å². The summed E-state index contributed by atoms with van der Waals surface area (Å²) in [5, 5.41) is 0. The second-order valence-corrected chi connectivity index (χ2v) is 2.75. The number of pyridine rings is 1. The van der Waals surface area contributed by atoms with Crippen molar-refractivity contribution in [2.24, 2.45) is 0 Å². The predicted molar refractivity (Wildman–Crippen MR) is 45.2 cm³/mol. The largest absolute Gasteiger partial charge is 0.481 e. The second-order valence-electron chi connectivity index (χ2n) is 2.75. The zero-order chi connectivity index (χ0) is 10.8. The Balaban J connectivity index is 3.17. The summed E-state index contributed by atoms with van der Waals surface area (Å²) in [6, 6.07) is 2.53. The molecular weight excluding hydrogens is 195 g/mol. The lowest BCUT2D eigenvalue weighted by Gasteiger charge is -2.09. The van der Waals surface area contributed by atoms with Gasteiger partial charge in [0, 0.05) is 6.07 Å². The maximum absolute atomic E-state index is 12.3. The van der Waals surface area contributed by atoms with Gasteiger partial charge in [0.25, 0.3) is 0 Å². The molecule has 0 saturated heterocycles. The van der Waals surface area contributed by atoms with Gasteiger partial charge in [0.1, 0.15) is 5.69 Å². The lowest BCUT2D eigenvalue weighted by molar-refractivity contribution is -0.141. The Morgan fingerprint density at radius 3 is 2.43 bits per heavy atom. The highest BCUT2D eigenvalue weighted by Gasteiger charge is 2.33. The summed E-state index contributed by atoms with van der Waals surface area (Å²) >= 11 is 0. The lowest BCUT2D eigenvalue weighted by atomic mass is 10.2. The Bertz CT molecular complexity index is 300. The maximum atomic E-state index is 12.3. The normalized spacial score (nSPS) is 11.5. The standard InChI is InChI=1S/C9H10F3NO/c1-3-6-4-7(9(10,11)12)13-8(5-6)14-2/h4-5H,3H2,1-2H3. The molecule has 1 aromatic heterocycles. The monoisotopic (exact) mass is 205 g/mol. The topological polar surface area (TPSA) is 22.1 Å². The quantitative estimate of drug-likeness (QED) is 0.740. The van der Waals surface area contributed by atoms with E-state index in [9.17, 15) is 13.2 Å². The van der Waals surface area contributed by atoms with Crippen LogP contribution in [0.2, 0.25) is 0 Å². The van der Waals surface area contributed by atoms with Gasteiger partial charge in [-0.2, -0.15) is 13.2 Å². The molecule has 5 heteroatoms. The molecule has 0 saturated carbocycles. The fourth-order valence-electron chi connectivity index (χ4n) is 1.01. The van der Waals surface area contributed by atoms with Crippen LogP contribution in [0.1, 0.15) is 18.2 Å². The summed E-state index contributed by atoms with van der Waals surface area (Å²) in [4.78, 5) is 3.32. The van der Waals surface area contributed by atoms with Gasteiger partial charge in [-0.3, -0.25) is 0 Å². The Hall–Kier alpha value is -1.26.